The molecule has 0 saturated carbocycles. The summed E-state index contributed by atoms with van der Waals surface area (Å²) >= 11 is 3.38. The molecule has 0 spiro atoms. The van der Waals surface area contributed by atoms with E-state index >= 15 is 0 Å². The predicted octanol–water partition coefficient (Wildman–Crippen LogP) is 2.74. The second-order valence-corrected chi connectivity index (χ2v) is 8.76. The maximum absolute atomic E-state index is 12.2. The quantitative estimate of drug-likeness (QED) is 0.745. The molecule has 0 aromatic carbocycles. The Balaban J connectivity index is 1.60. The van der Waals surface area contributed by atoms with Gasteiger partial charge in [0, 0.05) is 43.9 Å². The molecule has 10 heteroatoms. The van der Waals surface area contributed by atoms with Crippen LogP contribution in [0.2, 0.25) is 0 Å². The average molecular weight is 465 g/mol. The van der Waals surface area contributed by atoms with E-state index < -0.39 is 5.60 Å². The Labute approximate surface area is 177 Å². The minimum Gasteiger partial charge on any atom is -0.444 e. The van der Waals surface area contributed by atoms with E-state index in [1.165, 1.54) is 4.57 Å². The van der Waals surface area contributed by atoms with Gasteiger partial charge in [-0.15, -0.1) is 10.2 Å². The molecule has 1 amide bonds. The van der Waals surface area contributed by atoms with Gasteiger partial charge in [-0.1, -0.05) is 0 Å². The highest BCUT2D eigenvalue weighted by atomic mass is 79.9. The van der Waals surface area contributed by atoms with Gasteiger partial charge in [-0.25, -0.2) is 4.79 Å². The van der Waals surface area contributed by atoms with Crippen molar-refractivity contribution in [1.29, 1.82) is 0 Å². The highest BCUT2D eigenvalue weighted by molar-refractivity contribution is 9.10. The second-order valence-electron chi connectivity index (χ2n) is 7.84. The number of hydrogen-bond donors (Lipinski definition) is 1. The fourth-order valence-corrected chi connectivity index (χ4v) is 3.44. The lowest BCUT2D eigenvalue weighted by atomic mass is 10.2. The first kappa shape index (κ1) is 21.1. The Bertz CT molecular complexity index is 930. The van der Waals surface area contributed by atoms with Crippen LogP contribution in [-0.4, -0.2) is 57.5 Å². The largest absolute Gasteiger partial charge is 0.444 e. The number of carbonyl (C=O) groups is 1. The van der Waals surface area contributed by atoms with Crippen LogP contribution in [0.15, 0.2) is 33.7 Å². The lowest BCUT2D eigenvalue weighted by Crippen LogP contribution is -2.50. The van der Waals surface area contributed by atoms with E-state index in [2.05, 4.69) is 36.3 Å². The summed E-state index contributed by atoms with van der Waals surface area (Å²) in [6.45, 7) is 7.98. The molecule has 9 nitrogen and oxygen atoms in total. The second kappa shape index (κ2) is 8.40. The molecule has 0 aliphatic carbocycles. The first-order valence-corrected chi connectivity index (χ1v) is 10.1. The van der Waals surface area contributed by atoms with E-state index in [-0.39, 0.29) is 11.7 Å². The smallest absolute Gasteiger partial charge is 0.410 e. The average Bonchev–Trinajstić information content (AvgIpc) is 2.65. The summed E-state index contributed by atoms with van der Waals surface area (Å²) in [5, 5.41) is 11.4. The van der Waals surface area contributed by atoms with Gasteiger partial charge in [0.15, 0.2) is 11.6 Å². The number of carbonyl (C=O) groups excluding carboxylic acids is 1. The van der Waals surface area contributed by atoms with Crippen LogP contribution in [0.4, 0.5) is 22.1 Å². The molecule has 1 N–H and O–H groups in total. The normalized spacial score (nSPS) is 14.7. The van der Waals surface area contributed by atoms with Gasteiger partial charge in [0.25, 0.3) is 5.56 Å². The third-order valence-electron chi connectivity index (χ3n) is 4.32. The molecule has 2 aromatic rings. The molecule has 3 heterocycles. The summed E-state index contributed by atoms with van der Waals surface area (Å²) in [5.74, 6) is 1.21. The zero-order chi connectivity index (χ0) is 21.2. The van der Waals surface area contributed by atoms with Crippen LogP contribution >= 0.6 is 15.9 Å². The predicted molar refractivity (Wildman–Crippen MR) is 115 cm³/mol. The van der Waals surface area contributed by atoms with Crippen molar-refractivity contribution in [3.05, 3.63) is 39.2 Å². The molecule has 0 atom stereocenters. The van der Waals surface area contributed by atoms with Gasteiger partial charge >= 0.3 is 6.09 Å². The number of halogens is 1. The van der Waals surface area contributed by atoms with E-state index in [1.807, 2.05) is 26.8 Å². The topological polar surface area (TPSA) is 92.6 Å². The number of anilines is 3. The summed E-state index contributed by atoms with van der Waals surface area (Å²) in [6.07, 6.45) is 1.40. The van der Waals surface area contributed by atoms with Crippen LogP contribution in [0.25, 0.3) is 0 Å². The summed E-state index contributed by atoms with van der Waals surface area (Å²) in [6, 6.07) is 5.33. The monoisotopic (exact) mass is 464 g/mol. The van der Waals surface area contributed by atoms with Crippen LogP contribution in [0.3, 0.4) is 0 Å². The maximum Gasteiger partial charge on any atom is 0.410 e. The molecular weight excluding hydrogens is 440 g/mol. The molecule has 29 heavy (non-hydrogen) atoms. The number of nitrogens with one attached hydrogen (secondary N) is 1. The number of piperazine rings is 1. The molecule has 156 valence electrons. The summed E-state index contributed by atoms with van der Waals surface area (Å²) < 4.78 is 7.69. The van der Waals surface area contributed by atoms with E-state index in [1.54, 1.807) is 30.3 Å². The number of ether oxygens (including phenoxy) is 1. The zero-order valence-electron chi connectivity index (χ0n) is 17.0. The van der Waals surface area contributed by atoms with Crippen molar-refractivity contribution in [2.75, 3.05) is 36.4 Å². The number of aromatic nitrogens is 3. The molecule has 2 aromatic heterocycles. The van der Waals surface area contributed by atoms with Crippen molar-refractivity contribution >= 4 is 39.3 Å². The first-order chi connectivity index (χ1) is 13.6. The minimum absolute atomic E-state index is 0.155. The van der Waals surface area contributed by atoms with Crippen LogP contribution < -0.4 is 15.8 Å². The van der Waals surface area contributed by atoms with Gasteiger partial charge in [0.1, 0.15) is 11.3 Å². The number of rotatable bonds is 3. The number of pyridine rings is 1. The van der Waals surface area contributed by atoms with Crippen molar-refractivity contribution < 1.29 is 9.53 Å². The zero-order valence-corrected chi connectivity index (χ0v) is 18.6. The van der Waals surface area contributed by atoms with Crippen molar-refractivity contribution in [3.8, 4) is 0 Å². The van der Waals surface area contributed by atoms with Crippen molar-refractivity contribution in [3.63, 3.8) is 0 Å². The Morgan fingerprint density at radius 2 is 1.86 bits per heavy atom. The van der Waals surface area contributed by atoms with Gasteiger partial charge in [-0.3, -0.25) is 4.79 Å². The van der Waals surface area contributed by atoms with Gasteiger partial charge in [-0.05, 0) is 54.9 Å². The highest BCUT2D eigenvalue weighted by Crippen LogP contribution is 2.19. The van der Waals surface area contributed by atoms with E-state index in [0.29, 0.717) is 37.7 Å². The van der Waals surface area contributed by atoms with Crippen LogP contribution in [-0.2, 0) is 11.8 Å². The number of nitrogens with zero attached hydrogens (tertiary/aromatic N) is 5. The standard InChI is InChI=1S/C19H25BrN6O3/c1-19(2,3)29-18(28)26-9-7-25(8-10-26)16-6-5-15(22-23-16)21-14-11-13(20)12-24(4)17(14)27/h5-6,11-12H,7-10H2,1-4H3,(H,21,22). The fourth-order valence-electron chi connectivity index (χ4n) is 2.90. The Morgan fingerprint density at radius 3 is 2.45 bits per heavy atom. The number of hydrogen-bond acceptors (Lipinski definition) is 7. The third-order valence-corrected chi connectivity index (χ3v) is 4.75. The molecule has 0 unspecified atom stereocenters. The van der Waals surface area contributed by atoms with Crippen LogP contribution in [0.5, 0.6) is 0 Å². The summed E-state index contributed by atoms with van der Waals surface area (Å²) in [4.78, 5) is 28.1. The number of aryl methyl sites for hydroxylation is 1. The van der Waals surface area contributed by atoms with Crippen LogP contribution in [0, 0.1) is 0 Å². The fraction of sp³-hybridized carbons (Fsp3) is 0.474. The third kappa shape index (κ3) is 5.47. The van der Waals surface area contributed by atoms with E-state index in [9.17, 15) is 9.59 Å². The van der Waals surface area contributed by atoms with Crippen molar-refractivity contribution in [1.82, 2.24) is 19.7 Å². The summed E-state index contributed by atoms with van der Waals surface area (Å²) in [5.41, 5.74) is -0.245. The highest BCUT2D eigenvalue weighted by Gasteiger charge is 2.26. The van der Waals surface area contributed by atoms with Gasteiger partial charge in [-0.2, -0.15) is 0 Å². The van der Waals surface area contributed by atoms with Gasteiger partial charge in [0.05, 0.1) is 0 Å². The Morgan fingerprint density at radius 1 is 1.17 bits per heavy atom. The maximum atomic E-state index is 12.2. The van der Waals surface area contributed by atoms with Crippen molar-refractivity contribution in [2.45, 2.75) is 26.4 Å². The molecular formula is C19H25BrN6O3. The van der Waals surface area contributed by atoms with Gasteiger partial charge in [0.2, 0.25) is 0 Å². The van der Waals surface area contributed by atoms with Gasteiger partial charge < -0.3 is 24.4 Å². The first-order valence-electron chi connectivity index (χ1n) is 9.32. The molecule has 1 fully saturated rings. The Hall–Kier alpha value is -2.62. The Kier molecular flexibility index (Phi) is 6.11. The van der Waals surface area contributed by atoms with E-state index in [0.717, 1.165) is 10.3 Å². The summed E-state index contributed by atoms with van der Waals surface area (Å²) in [7, 11) is 1.68. The molecule has 0 bridgehead atoms. The van der Waals surface area contributed by atoms with E-state index in [4.69, 9.17) is 4.74 Å². The SMILES string of the molecule is Cn1cc(Br)cc(Nc2ccc(N3CCN(C(=O)OC(C)(C)C)CC3)nn2)c1=O. The molecule has 0 radical (unpaired) electrons. The molecule has 1 saturated heterocycles. The lowest BCUT2D eigenvalue weighted by Gasteiger charge is -2.35. The number of amides is 1. The molecule has 1 aliphatic rings. The van der Waals surface area contributed by atoms with Crippen LogP contribution in [0.1, 0.15) is 20.8 Å². The lowest BCUT2D eigenvalue weighted by molar-refractivity contribution is 0.0240. The molecule has 1 aliphatic heterocycles. The van der Waals surface area contributed by atoms with Crippen molar-refractivity contribution in [2.24, 2.45) is 7.05 Å². The minimum atomic E-state index is -0.502. The molecule has 3 rings (SSSR count).